The molecule has 0 heterocycles. The summed E-state index contributed by atoms with van der Waals surface area (Å²) >= 11 is 0. The van der Waals surface area contributed by atoms with Crippen LogP contribution in [0.3, 0.4) is 0 Å². The van der Waals surface area contributed by atoms with E-state index in [1.165, 1.54) is 37.7 Å². The molecule has 12 heteroatoms. The van der Waals surface area contributed by atoms with Gasteiger partial charge < -0.3 is 15.0 Å². The first-order chi connectivity index (χ1) is 15.8. The van der Waals surface area contributed by atoms with Crippen LogP contribution in [0.4, 0.5) is 18.9 Å². The molecule has 1 saturated carbocycles. The summed E-state index contributed by atoms with van der Waals surface area (Å²) in [4.78, 5) is 19.8. The van der Waals surface area contributed by atoms with Crippen LogP contribution in [0.15, 0.2) is 24.3 Å². The van der Waals surface area contributed by atoms with Crippen molar-refractivity contribution in [1.29, 1.82) is 0 Å². The van der Waals surface area contributed by atoms with Gasteiger partial charge in [-0.25, -0.2) is 0 Å². The van der Waals surface area contributed by atoms with Gasteiger partial charge in [0.2, 0.25) is 0 Å². The van der Waals surface area contributed by atoms with Crippen molar-refractivity contribution in [2.24, 2.45) is 0 Å². The van der Waals surface area contributed by atoms with Gasteiger partial charge in [0.1, 0.15) is 5.97 Å². The number of carboxylic acids is 2. The predicted octanol–water partition coefficient (Wildman–Crippen LogP) is 3.53. The number of hydrogen-bond donors (Lipinski definition) is 3. The Bertz CT molecular complexity index is 885. The molecule has 0 atom stereocenters. The van der Waals surface area contributed by atoms with Crippen molar-refractivity contribution in [3.8, 4) is 0 Å². The predicted molar refractivity (Wildman–Crippen MR) is 119 cm³/mol. The van der Waals surface area contributed by atoms with Gasteiger partial charge in [0.15, 0.2) is 0 Å². The summed E-state index contributed by atoms with van der Waals surface area (Å²) in [6.07, 6.45) is 5.06. The summed E-state index contributed by atoms with van der Waals surface area (Å²) in [6.45, 7) is 2.21. The van der Waals surface area contributed by atoms with Crippen LogP contribution in [0.1, 0.15) is 76.7 Å². The van der Waals surface area contributed by atoms with E-state index in [1.807, 2.05) is 12.1 Å². The van der Waals surface area contributed by atoms with Crippen molar-refractivity contribution < 1.29 is 41.4 Å². The highest BCUT2D eigenvalue weighted by Gasteiger charge is 2.42. The molecule has 0 amide bonds. The zero-order chi connectivity index (χ0) is 25.8. The van der Waals surface area contributed by atoms with Crippen LogP contribution in [0.2, 0.25) is 0 Å². The van der Waals surface area contributed by atoms with Crippen LogP contribution < -0.4 is 14.6 Å². The highest BCUT2D eigenvalue weighted by atomic mass is 32.2. The Kier molecular flexibility index (Phi) is 11.8. The van der Waals surface area contributed by atoms with Crippen molar-refractivity contribution in [1.82, 2.24) is 4.72 Å². The van der Waals surface area contributed by atoms with Crippen molar-refractivity contribution in [3.63, 3.8) is 0 Å². The second-order valence-corrected chi connectivity index (χ2v) is 9.83. The number of benzene rings is 1. The Balaban J connectivity index is 0.000000718. The Morgan fingerprint density at radius 3 is 2.03 bits per heavy atom. The number of aliphatic carboxylic acids is 2. The lowest BCUT2D eigenvalue weighted by atomic mass is 9.75. The lowest BCUT2D eigenvalue weighted by Crippen LogP contribution is -2.55. The van der Waals surface area contributed by atoms with Crippen molar-refractivity contribution in [3.05, 3.63) is 29.8 Å². The first kappa shape index (κ1) is 29.7. The molecule has 2 rings (SSSR count). The summed E-state index contributed by atoms with van der Waals surface area (Å²) < 4.78 is 61.3. The number of unbranched alkanes of at least 4 members (excludes halogenated alkanes) is 5. The second kappa shape index (κ2) is 13.5. The maximum absolute atomic E-state index is 12.4. The average molecular weight is 510 g/mol. The summed E-state index contributed by atoms with van der Waals surface area (Å²) in [5.41, 5.74) is 0.830. The Labute approximate surface area is 198 Å². The van der Waals surface area contributed by atoms with Gasteiger partial charge in [-0.2, -0.15) is 26.3 Å². The van der Waals surface area contributed by atoms with Gasteiger partial charge in [-0.05, 0) is 49.8 Å². The van der Waals surface area contributed by atoms with E-state index in [0.29, 0.717) is 18.5 Å². The molecule has 3 N–H and O–H groups in total. The maximum atomic E-state index is 12.4. The number of carbonyl (C=O) groups excluding carboxylic acids is 1. The van der Waals surface area contributed by atoms with Crippen molar-refractivity contribution in [2.45, 2.75) is 89.3 Å². The number of anilines is 1. The monoisotopic (exact) mass is 509 g/mol. The van der Waals surface area contributed by atoms with Gasteiger partial charge >= 0.3 is 12.1 Å². The first-order valence-electron chi connectivity index (χ1n) is 11.2. The summed E-state index contributed by atoms with van der Waals surface area (Å²) in [6, 6.07) is 7.41. The Hall–Kier alpha value is -2.34. The molecule has 0 saturated heterocycles. The molecule has 1 aliphatic carbocycles. The molecule has 1 aromatic carbocycles. The fourth-order valence-corrected chi connectivity index (χ4v) is 4.87. The molecule has 1 aromatic rings. The van der Waals surface area contributed by atoms with Gasteiger partial charge in [-0.3, -0.25) is 9.52 Å². The minimum atomic E-state index is -5.19. The molecule has 0 unspecified atom stereocenters. The molecule has 0 radical (unpaired) electrons. The van der Waals surface area contributed by atoms with E-state index in [-0.39, 0.29) is 6.42 Å². The molecule has 0 spiro atoms. The van der Waals surface area contributed by atoms with Gasteiger partial charge in [-0.1, -0.05) is 51.2 Å². The summed E-state index contributed by atoms with van der Waals surface area (Å²) in [5, 5.41) is 17.8. The molecule has 1 fully saturated rings. The molecule has 0 bridgehead atoms. The zero-order valence-corrected chi connectivity index (χ0v) is 19.9. The van der Waals surface area contributed by atoms with Gasteiger partial charge in [0.05, 0.1) is 6.42 Å². The lowest BCUT2D eigenvalue weighted by Gasteiger charge is -2.40. The van der Waals surface area contributed by atoms with Crippen LogP contribution in [-0.2, 0) is 26.2 Å². The molecule has 194 valence electrons. The molecular formula is C22H32F3N2O6S-. The molecule has 0 aliphatic heterocycles. The Morgan fingerprint density at radius 1 is 1.06 bits per heavy atom. The number of rotatable bonds is 13. The SMILES string of the molecule is CCCCCCCCc1ccc(NS(=O)(=O)NC2(CC(=O)O)CCC2)cc1.O=C([O-])C(F)(F)F. The summed E-state index contributed by atoms with van der Waals surface area (Å²) in [7, 11) is -3.80. The topological polar surface area (TPSA) is 136 Å². The normalized spacial score (nSPS) is 14.9. The van der Waals surface area contributed by atoms with Crippen LogP contribution in [0, 0.1) is 0 Å². The van der Waals surface area contributed by atoms with Gasteiger partial charge in [0.25, 0.3) is 10.2 Å². The van der Waals surface area contributed by atoms with E-state index in [4.69, 9.17) is 15.0 Å². The first-order valence-corrected chi connectivity index (χ1v) is 12.7. The smallest absolute Gasteiger partial charge is 0.430 e. The van der Waals surface area contributed by atoms with E-state index < -0.39 is 33.9 Å². The van der Waals surface area contributed by atoms with E-state index in [1.54, 1.807) is 12.1 Å². The number of halogens is 3. The molecular weight excluding hydrogens is 477 g/mol. The van der Waals surface area contributed by atoms with Crippen LogP contribution in [0.25, 0.3) is 0 Å². The van der Waals surface area contributed by atoms with E-state index in [0.717, 1.165) is 19.3 Å². The minimum absolute atomic E-state index is 0.189. The van der Waals surface area contributed by atoms with Crippen molar-refractivity contribution in [2.75, 3.05) is 4.72 Å². The van der Waals surface area contributed by atoms with E-state index >= 15 is 0 Å². The molecule has 0 aromatic heterocycles. The molecule has 34 heavy (non-hydrogen) atoms. The zero-order valence-electron chi connectivity index (χ0n) is 19.1. The van der Waals surface area contributed by atoms with Gasteiger partial charge in [0, 0.05) is 11.2 Å². The quantitative estimate of drug-likeness (QED) is 0.348. The minimum Gasteiger partial charge on any atom is -0.542 e. The van der Waals surface area contributed by atoms with E-state index in [2.05, 4.69) is 16.4 Å². The van der Waals surface area contributed by atoms with E-state index in [9.17, 15) is 26.4 Å². The largest absolute Gasteiger partial charge is 0.542 e. The molecule has 8 nitrogen and oxygen atoms in total. The highest BCUT2D eigenvalue weighted by Crippen LogP contribution is 2.35. The van der Waals surface area contributed by atoms with Crippen LogP contribution >= 0.6 is 0 Å². The third-order valence-corrected chi connectivity index (χ3v) is 6.61. The second-order valence-electron chi connectivity index (χ2n) is 8.41. The number of alkyl halides is 3. The van der Waals surface area contributed by atoms with Crippen LogP contribution in [0.5, 0.6) is 0 Å². The number of aryl methyl sites for hydroxylation is 1. The van der Waals surface area contributed by atoms with Gasteiger partial charge in [-0.15, -0.1) is 0 Å². The third kappa shape index (κ3) is 11.7. The fourth-order valence-electron chi connectivity index (χ4n) is 3.52. The Morgan fingerprint density at radius 2 is 1.59 bits per heavy atom. The number of hydrogen-bond acceptors (Lipinski definition) is 5. The number of nitrogens with one attached hydrogen (secondary N) is 2. The number of carbonyl (C=O) groups is 2. The third-order valence-electron chi connectivity index (χ3n) is 5.41. The maximum Gasteiger partial charge on any atom is 0.430 e. The average Bonchev–Trinajstić information content (AvgIpc) is 2.69. The fraction of sp³-hybridized carbons (Fsp3) is 0.636. The molecule has 1 aliphatic rings. The number of carboxylic acid groups (broad SMARTS) is 2. The summed E-state index contributed by atoms with van der Waals surface area (Å²) in [5.74, 6) is -4.00. The lowest BCUT2D eigenvalue weighted by molar-refractivity contribution is -0.344. The van der Waals surface area contributed by atoms with Crippen molar-refractivity contribution >= 4 is 27.8 Å². The highest BCUT2D eigenvalue weighted by molar-refractivity contribution is 7.90. The standard InChI is InChI=1S/C20H32N2O4S.C2HF3O2/c1-2-3-4-5-6-7-9-17-10-12-18(13-11-17)21-27(25,26)22-20(14-8-15-20)16-19(23)24;3-2(4,5)1(6)7/h10-13,21-22H,2-9,14-16H2,1H3,(H,23,24);(H,6,7)/p-1. The van der Waals surface area contributed by atoms with Crippen LogP contribution in [-0.4, -0.2) is 37.2 Å².